The van der Waals surface area contributed by atoms with Crippen LogP contribution in [0.15, 0.2) is 22.1 Å². The van der Waals surface area contributed by atoms with Crippen molar-refractivity contribution in [2.45, 2.75) is 6.42 Å². The number of thiazole rings is 1. The van der Waals surface area contributed by atoms with Gasteiger partial charge in [0.25, 0.3) is 0 Å². The van der Waals surface area contributed by atoms with E-state index in [9.17, 15) is 4.79 Å². The van der Waals surface area contributed by atoms with E-state index in [0.717, 1.165) is 20.4 Å². The van der Waals surface area contributed by atoms with Crippen molar-refractivity contribution in [2.24, 2.45) is 5.92 Å². The number of anilines is 1. The zero-order valence-corrected chi connectivity index (χ0v) is 11.9. The van der Waals surface area contributed by atoms with Gasteiger partial charge < -0.3 is 10.0 Å². The van der Waals surface area contributed by atoms with Gasteiger partial charge in [-0.1, -0.05) is 0 Å². The van der Waals surface area contributed by atoms with Crippen molar-refractivity contribution in [2.75, 3.05) is 18.1 Å². The summed E-state index contributed by atoms with van der Waals surface area (Å²) < 4.78 is 1.96. The number of amides is 1. The molecule has 1 N–H and O–H groups in total. The van der Waals surface area contributed by atoms with Crippen LogP contribution < -0.4 is 4.90 Å². The Morgan fingerprint density at radius 1 is 1.56 bits per heavy atom. The molecule has 1 aliphatic heterocycles. The van der Waals surface area contributed by atoms with Crippen molar-refractivity contribution >= 4 is 49.1 Å². The van der Waals surface area contributed by atoms with Crippen molar-refractivity contribution in [1.82, 2.24) is 4.98 Å². The van der Waals surface area contributed by atoms with Gasteiger partial charge in [0.15, 0.2) is 0 Å². The highest BCUT2D eigenvalue weighted by atomic mass is 79.9. The molecule has 18 heavy (non-hydrogen) atoms. The summed E-state index contributed by atoms with van der Waals surface area (Å²) in [6.45, 7) is 0.640. The van der Waals surface area contributed by atoms with Gasteiger partial charge in [-0.25, -0.2) is 4.98 Å². The predicted molar refractivity (Wildman–Crippen MR) is 74.9 cm³/mol. The van der Waals surface area contributed by atoms with Crippen LogP contribution in [-0.2, 0) is 4.79 Å². The molecule has 4 nitrogen and oxygen atoms in total. The lowest BCUT2D eigenvalue weighted by molar-refractivity contribution is -0.117. The number of hydrogen-bond acceptors (Lipinski definition) is 4. The molecule has 1 saturated heterocycles. The average Bonchev–Trinajstić information content (AvgIpc) is 2.96. The average molecular weight is 327 g/mol. The van der Waals surface area contributed by atoms with Crippen molar-refractivity contribution in [3.05, 3.63) is 22.1 Å². The Balaban J connectivity index is 2.04. The molecule has 1 aliphatic rings. The van der Waals surface area contributed by atoms with Crippen LogP contribution in [0.5, 0.6) is 0 Å². The molecule has 0 spiro atoms. The minimum absolute atomic E-state index is 0.0431. The summed E-state index contributed by atoms with van der Waals surface area (Å²) in [6, 6.07) is 3.83. The number of aliphatic hydroxyl groups excluding tert-OH is 1. The highest BCUT2D eigenvalue weighted by Gasteiger charge is 2.31. The topological polar surface area (TPSA) is 53.4 Å². The van der Waals surface area contributed by atoms with E-state index in [1.807, 2.05) is 12.1 Å². The van der Waals surface area contributed by atoms with Gasteiger partial charge in [-0.15, -0.1) is 11.3 Å². The highest BCUT2D eigenvalue weighted by Crippen LogP contribution is 2.37. The number of rotatable bonds is 2. The summed E-state index contributed by atoms with van der Waals surface area (Å²) in [7, 11) is 0. The van der Waals surface area contributed by atoms with Gasteiger partial charge in [0, 0.05) is 25.5 Å². The van der Waals surface area contributed by atoms with E-state index in [2.05, 4.69) is 20.9 Å². The molecular weight excluding hydrogens is 316 g/mol. The molecular formula is C12H11BrN2O2S. The van der Waals surface area contributed by atoms with Gasteiger partial charge >= 0.3 is 0 Å². The number of fused-ring (bicyclic) bond motifs is 1. The van der Waals surface area contributed by atoms with Crippen molar-refractivity contribution < 1.29 is 9.90 Å². The van der Waals surface area contributed by atoms with Gasteiger partial charge in [-0.2, -0.15) is 0 Å². The zero-order valence-electron chi connectivity index (χ0n) is 9.47. The summed E-state index contributed by atoms with van der Waals surface area (Å²) in [4.78, 5) is 17.9. The van der Waals surface area contributed by atoms with Gasteiger partial charge in [0.2, 0.25) is 5.91 Å². The van der Waals surface area contributed by atoms with E-state index < -0.39 is 0 Å². The SMILES string of the molecule is O=C1CC(CO)CN1c1ccc2ncsc2c1Br. The highest BCUT2D eigenvalue weighted by molar-refractivity contribution is 9.10. The Bertz CT molecular complexity index is 613. The first-order valence-electron chi connectivity index (χ1n) is 5.63. The van der Waals surface area contributed by atoms with E-state index >= 15 is 0 Å². The molecule has 2 heterocycles. The summed E-state index contributed by atoms with van der Waals surface area (Å²) in [5.41, 5.74) is 3.59. The second kappa shape index (κ2) is 4.60. The number of halogens is 1. The molecule has 0 aliphatic carbocycles. The van der Waals surface area contributed by atoms with Crippen LogP contribution in [0, 0.1) is 5.92 Å². The first kappa shape index (κ1) is 12.1. The van der Waals surface area contributed by atoms with Gasteiger partial charge in [0.05, 0.1) is 25.9 Å². The van der Waals surface area contributed by atoms with Gasteiger partial charge in [-0.3, -0.25) is 4.79 Å². The first-order valence-corrected chi connectivity index (χ1v) is 7.31. The van der Waals surface area contributed by atoms with Crippen LogP contribution in [0.25, 0.3) is 10.2 Å². The molecule has 3 rings (SSSR count). The molecule has 2 aromatic rings. The number of carbonyl (C=O) groups excluding carboxylic acids is 1. The van der Waals surface area contributed by atoms with E-state index in [1.165, 1.54) is 0 Å². The number of aromatic nitrogens is 1. The molecule has 1 unspecified atom stereocenters. The molecule has 0 radical (unpaired) electrons. The standard InChI is InChI=1S/C12H11BrN2O2S/c13-11-9(2-1-8-12(11)18-6-14-8)15-4-7(5-16)3-10(15)17/h1-2,6-7,16H,3-5H2. The van der Waals surface area contributed by atoms with Crippen LogP contribution in [0.3, 0.4) is 0 Å². The zero-order chi connectivity index (χ0) is 12.7. The summed E-state index contributed by atoms with van der Waals surface area (Å²) in [5, 5.41) is 9.16. The van der Waals surface area contributed by atoms with Crippen molar-refractivity contribution in [3.8, 4) is 0 Å². The van der Waals surface area contributed by atoms with Crippen LogP contribution in [0.4, 0.5) is 5.69 Å². The maximum absolute atomic E-state index is 12.0. The predicted octanol–water partition coefficient (Wildman–Crippen LogP) is 2.40. The molecule has 1 aromatic carbocycles. The fourth-order valence-electron chi connectivity index (χ4n) is 2.23. The smallest absolute Gasteiger partial charge is 0.227 e. The van der Waals surface area contributed by atoms with Crippen LogP contribution >= 0.6 is 27.3 Å². The van der Waals surface area contributed by atoms with E-state index in [-0.39, 0.29) is 18.4 Å². The molecule has 1 aromatic heterocycles. The van der Waals surface area contributed by atoms with E-state index in [1.54, 1.807) is 21.7 Å². The van der Waals surface area contributed by atoms with E-state index in [4.69, 9.17) is 5.11 Å². The summed E-state index contributed by atoms with van der Waals surface area (Å²) >= 11 is 5.10. The Morgan fingerprint density at radius 3 is 3.11 bits per heavy atom. The van der Waals surface area contributed by atoms with Crippen molar-refractivity contribution in [1.29, 1.82) is 0 Å². The molecule has 6 heteroatoms. The summed E-state index contributed by atoms with van der Waals surface area (Å²) in [6.07, 6.45) is 0.420. The molecule has 1 fully saturated rings. The molecule has 1 amide bonds. The quantitative estimate of drug-likeness (QED) is 0.922. The second-order valence-corrected chi connectivity index (χ2v) is 6.00. The Labute approximate surface area is 116 Å². The Hall–Kier alpha value is -0.980. The largest absolute Gasteiger partial charge is 0.396 e. The third-order valence-corrected chi connectivity index (χ3v) is 5.10. The molecule has 1 atom stereocenters. The first-order chi connectivity index (χ1) is 8.70. The van der Waals surface area contributed by atoms with Crippen molar-refractivity contribution in [3.63, 3.8) is 0 Å². The number of benzene rings is 1. The minimum atomic E-state index is 0.0431. The lowest BCUT2D eigenvalue weighted by atomic mass is 10.1. The molecule has 0 bridgehead atoms. The summed E-state index contributed by atoms with van der Waals surface area (Å²) in [5.74, 6) is 0.111. The second-order valence-electron chi connectivity index (χ2n) is 4.36. The lowest BCUT2D eigenvalue weighted by Gasteiger charge is -2.18. The van der Waals surface area contributed by atoms with Crippen LogP contribution in [0.1, 0.15) is 6.42 Å². The number of hydrogen-bond donors (Lipinski definition) is 1. The lowest BCUT2D eigenvalue weighted by Crippen LogP contribution is -2.25. The Kier molecular flexibility index (Phi) is 3.09. The molecule has 94 valence electrons. The van der Waals surface area contributed by atoms with Gasteiger partial charge in [0.1, 0.15) is 0 Å². The molecule has 0 saturated carbocycles. The normalized spacial score (nSPS) is 20.0. The monoisotopic (exact) mass is 326 g/mol. The third-order valence-electron chi connectivity index (χ3n) is 3.17. The number of carbonyl (C=O) groups is 1. The fourth-order valence-corrected chi connectivity index (χ4v) is 3.78. The van der Waals surface area contributed by atoms with Crippen LogP contribution in [0.2, 0.25) is 0 Å². The maximum atomic E-state index is 12.0. The number of aliphatic hydroxyl groups is 1. The Morgan fingerprint density at radius 2 is 2.39 bits per heavy atom. The fraction of sp³-hybridized carbons (Fsp3) is 0.333. The van der Waals surface area contributed by atoms with E-state index in [0.29, 0.717) is 13.0 Å². The minimum Gasteiger partial charge on any atom is -0.396 e. The maximum Gasteiger partial charge on any atom is 0.227 e. The number of nitrogens with zero attached hydrogens (tertiary/aromatic N) is 2. The third kappa shape index (κ3) is 1.84. The van der Waals surface area contributed by atoms with Gasteiger partial charge in [-0.05, 0) is 28.1 Å². The van der Waals surface area contributed by atoms with Crippen LogP contribution in [-0.4, -0.2) is 29.1 Å².